The Balaban J connectivity index is 1.79. The predicted octanol–water partition coefficient (Wildman–Crippen LogP) is 7.05. The van der Waals surface area contributed by atoms with Crippen molar-refractivity contribution in [1.29, 1.82) is 0 Å². The lowest BCUT2D eigenvalue weighted by Gasteiger charge is -2.41. The summed E-state index contributed by atoms with van der Waals surface area (Å²) >= 11 is 0. The highest BCUT2D eigenvalue weighted by molar-refractivity contribution is 5.42. The molecule has 1 heterocycles. The van der Waals surface area contributed by atoms with Gasteiger partial charge in [0.15, 0.2) is 0 Å². The number of benzene rings is 3. The fraction of sp³-hybridized carbons (Fsp3) is 0.419. The van der Waals surface area contributed by atoms with E-state index in [0.717, 1.165) is 37.7 Å². The summed E-state index contributed by atoms with van der Waals surface area (Å²) in [5.74, 6) is 0. The number of nitrogens with zero attached hydrogens (tertiary/aromatic N) is 1. The maximum atomic E-state index is 11.5. The Morgan fingerprint density at radius 1 is 0.818 bits per heavy atom. The lowest BCUT2D eigenvalue weighted by molar-refractivity contribution is 0.0115. The van der Waals surface area contributed by atoms with Crippen molar-refractivity contribution in [1.82, 2.24) is 4.90 Å². The molecule has 0 amide bonds. The highest BCUT2D eigenvalue weighted by atomic mass is 16.3. The molecule has 1 aliphatic heterocycles. The summed E-state index contributed by atoms with van der Waals surface area (Å²) in [6.07, 6.45) is 5.06. The van der Waals surface area contributed by atoms with Gasteiger partial charge in [-0.1, -0.05) is 92.7 Å². The lowest BCUT2D eigenvalue weighted by Crippen LogP contribution is -2.42. The zero-order chi connectivity index (χ0) is 23.4. The van der Waals surface area contributed by atoms with Gasteiger partial charge in [0.25, 0.3) is 0 Å². The molecular formula is C31H39NO. The van der Waals surface area contributed by atoms with Crippen LogP contribution in [0, 0.1) is 0 Å². The van der Waals surface area contributed by atoms with Crippen LogP contribution in [0.5, 0.6) is 0 Å². The Kier molecular flexibility index (Phi) is 7.36. The molecular weight excluding hydrogens is 402 g/mol. The SMILES string of the molecule is CCc1ccccc1C(c1ccccc1CC)N1C(C)CCC1CC(C)(O)c1ccccc1. The van der Waals surface area contributed by atoms with Crippen LogP contribution in [0.4, 0.5) is 0 Å². The number of hydrogen-bond acceptors (Lipinski definition) is 2. The molecule has 2 nitrogen and oxygen atoms in total. The first-order chi connectivity index (χ1) is 16.0. The molecule has 3 aromatic rings. The maximum Gasteiger partial charge on any atom is 0.0883 e. The topological polar surface area (TPSA) is 23.5 Å². The van der Waals surface area contributed by atoms with Crippen molar-refractivity contribution in [3.8, 4) is 0 Å². The molecule has 3 unspecified atom stereocenters. The van der Waals surface area contributed by atoms with Crippen molar-refractivity contribution in [3.63, 3.8) is 0 Å². The van der Waals surface area contributed by atoms with E-state index in [1.165, 1.54) is 22.3 Å². The van der Waals surface area contributed by atoms with E-state index in [4.69, 9.17) is 0 Å². The Morgan fingerprint density at radius 2 is 1.33 bits per heavy atom. The van der Waals surface area contributed by atoms with Gasteiger partial charge in [0.1, 0.15) is 0 Å². The highest BCUT2D eigenvalue weighted by Crippen LogP contribution is 2.43. The molecule has 1 saturated heterocycles. The van der Waals surface area contributed by atoms with Crippen molar-refractivity contribution < 1.29 is 5.11 Å². The van der Waals surface area contributed by atoms with Gasteiger partial charge < -0.3 is 5.11 Å². The molecule has 2 heteroatoms. The van der Waals surface area contributed by atoms with Gasteiger partial charge in [-0.2, -0.15) is 0 Å². The van der Waals surface area contributed by atoms with Crippen LogP contribution in [0.2, 0.25) is 0 Å². The van der Waals surface area contributed by atoms with Gasteiger partial charge in [0, 0.05) is 12.1 Å². The first kappa shape index (κ1) is 23.7. The smallest absolute Gasteiger partial charge is 0.0883 e. The third kappa shape index (κ3) is 4.93. The molecule has 0 saturated carbocycles. The van der Waals surface area contributed by atoms with E-state index < -0.39 is 5.60 Å². The van der Waals surface area contributed by atoms with Crippen LogP contribution in [0.15, 0.2) is 78.9 Å². The molecule has 3 atom stereocenters. The molecule has 0 radical (unpaired) electrons. The number of hydrogen-bond donors (Lipinski definition) is 1. The second-order valence-electron chi connectivity index (χ2n) is 9.88. The molecule has 0 aromatic heterocycles. The molecule has 33 heavy (non-hydrogen) atoms. The molecule has 1 N–H and O–H groups in total. The zero-order valence-electron chi connectivity index (χ0n) is 20.7. The van der Waals surface area contributed by atoms with E-state index in [0.29, 0.717) is 12.1 Å². The normalized spacial score (nSPS) is 20.8. The van der Waals surface area contributed by atoms with Crippen molar-refractivity contribution in [2.75, 3.05) is 0 Å². The van der Waals surface area contributed by atoms with E-state index in [-0.39, 0.29) is 6.04 Å². The summed E-state index contributed by atoms with van der Waals surface area (Å²) in [6, 6.07) is 29.1. The summed E-state index contributed by atoms with van der Waals surface area (Å²) in [5.41, 5.74) is 5.82. The average Bonchev–Trinajstić information content (AvgIpc) is 3.19. The van der Waals surface area contributed by atoms with E-state index in [1.807, 2.05) is 25.1 Å². The number of likely N-dealkylation sites (tertiary alicyclic amines) is 1. The molecule has 174 valence electrons. The third-order valence-electron chi connectivity index (χ3n) is 7.64. The fourth-order valence-corrected chi connectivity index (χ4v) is 5.87. The van der Waals surface area contributed by atoms with E-state index in [1.54, 1.807) is 0 Å². The van der Waals surface area contributed by atoms with Crippen LogP contribution in [0.25, 0.3) is 0 Å². The third-order valence-corrected chi connectivity index (χ3v) is 7.64. The van der Waals surface area contributed by atoms with Crippen LogP contribution in [0.3, 0.4) is 0 Å². The Labute approximate surface area is 200 Å². The minimum absolute atomic E-state index is 0.200. The molecule has 1 fully saturated rings. The number of rotatable bonds is 8. The van der Waals surface area contributed by atoms with Crippen molar-refractivity contribution in [2.24, 2.45) is 0 Å². The highest BCUT2D eigenvalue weighted by Gasteiger charge is 2.41. The minimum atomic E-state index is -0.854. The molecule has 1 aliphatic rings. The first-order valence-corrected chi connectivity index (χ1v) is 12.7. The second kappa shape index (κ2) is 10.2. The van der Waals surface area contributed by atoms with Gasteiger partial charge in [-0.25, -0.2) is 0 Å². The summed E-state index contributed by atoms with van der Waals surface area (Å²) in [7, 11) is 0. The fourth-order valence-electron chi connectivity index (χ4n) is 5.87. The van der Waals surface area contributed by atoms with Crippen LogP contribution in [-0.4, -0.2) is 22.1 Å². The number of aliphatic hydroxyl groups is 1. The van der Waals surface area contributed by atoms with Gasteiger partial charge in [-0.05, 0) is 73.8 Å². The minimum Gasteiger partial charge on any atom is -0.385 e. The molecule has 0 bridgehead atoms. The Morgan fingerprint density at radius 3 is 1.88 bits per heavy atom. The van der Waals surface area contributed by atoms with Crippen molar-refractivity contribution >= 4 is 0 Å². The summed E-state index contributed by atoms with van der Waals surface area (Å²) in [5, 5.41) is 11.5. The first-order valence-electron chi connectivity index (χ1n) is 12.7. The lowest BCUT2D eigenvalue weighted by atomic mass is 9.85. The molecule has 0 aliphatic carbocycles. The van der Waals surface area contributed by atoms with Crippen LogP contribution >= 0.6 is 0 Å². The Hall–Kier alpha value is -2.42. The van der Waals surface area contributed by atoms with E-state index in [2.05, 4.69) is 86.3 Å². The standard InChI is InChI=1S/C31H39NO/c1-5-24-14-10-12-18-28(24)30(29-19-13-11-15-25(29)6-2)32-23(3)20-21-27(32)22-31(4,33)26-16-8-7-9-17-26/h7-19,23,27,30,33H,5-6,20-22H2,1-4H3. The number of aryl methyl sites for hydroxylation is 2. The summed E-state index contributed by atoms with van der Waals surface area (Å²) in [6.45, 7) is 8.87. The van der Waals surface area contributed by atoms with Crippen LogP contribution in [0.1, 0.15) is 80.8 Å². The largest absolute Gasteiger partial charge is 0.385 e. The quantitative estimate of drug-likeness (QED) is 0.405. The van der Waals surface area contributed by atoms with Crippen molar-refractivity contribution in [3.05, 3.63) is 107 Å². The average molecular weight is 442 g/mol. The van der Waals surface area contributed by atoms with Gasteiger partial charge in [-0.15, -0.1) is 0 Å². The van der Waals surface area contributed by atoms with Crippen molar-refractivity contribution in [2.45, 2.75) is 83.5 Å². The van der Waals surface area contributed by atoms with Gasteiger partial charge >= 0.3 is 0 Å². The summed E-state index contributed by atoms with van der Waals surface area (Å²) < 4.78 is 0. The zero-order valence-corrected chi connectivity index (χ0v) is 20.7. The van der Waals surface area contributed by atoms with E-state index in [9.17, 15) is 5.11 Å². The van der Waals surface area contributed by atoms with Gasteiger partial charge in [0.2, 0.25) is 0 Å². The van der Waals surface area contributed by atoms with Crippen LogP contribution in [-0.2, 0) is 18.4 Å². The molecule has 4 rings (SSSR count). The van der Waals surface area contributed by atoms with Crippen LogP contribution < -0.4 is 0 Å². The van der Waals surface area contributed by atoms with Gasteiger partial charge in [0.05, 0.1) is 11.6 Å². The Bertz CT molecular complexity index is 994. The molecule has 3 aromatic carbocycles. The summed E-state index contributed by atoms with van der Waals surface area (Å²) in [4.78, 5) is 2.72. The monoisotopic (exact) mass is 441 g/mol. The van der Waals surface area contributed by atoms with Gasteiger partial charge in [-0.3, -0.25) is 4.90 Å². The molecule has 0 spiro atoms. The maximum absolute atomic E-state index is 11.5. The second-order valence-corrected chi connectivity index (χ2v) is 9.88. The van der Waals surface area contributed by atoms with E-state index >= 15 is 0 Å². The predicted molar refractivity (Wildman–Crippen MR) is 138 cm³/mol.